The van der Waals surface area contributed by atoms with Gasteiger partial charge in [0, 0.05) is 49.0 Å². The standard InChI is InChI=1S/C21H17F2N7O2/c22-21(23)7-12(8-21)18-28-29-19(32-18)20(31)30-6-5-14-15(26-10-25-14)16(30)17-24-9-11-3-1-2-4-13(11)27-17/h1-4,9-10,12,16H,5-8H2,(H,25,26)/t16-/m1/s1. The summed E-state index contributed by atoms with van der Waals surface area (Å²) in [6.45, 7) is 0.355. The molecule has 162 valence electrons. The van der Waals surface area contributed by atoms with Crippen LogP contribution in [0.15, 0.2) is 41.2 Å². The molecule has 9 nitrogen and oxygen atoms in total. The number of nitrogens with one attached hydrogen (secondary N) is 1. The van der Waals surface area contributed by atoms with Crippen LogP contribution >= 0.6 is 0 Å². The quantitative estimate of drug-likeness (QED) is 0.524. The summed E-state index contributed by atoms with van der Waals surface area (Å²) in [7, 11) is 0. The van der Waals surface area contributed by atoms with Crippen LogP contribution in [0.1, 0.15) is 58.6 Å². The second kappa shape index (κ2) is 6.87. The van der Waals surface area contributed by atoms with Crippen molar-refractivity contribution in [1.29, 1.82) is 0 Å². The fraction of sp³-hybridized carbons (Fsp3) is 0.333. The average molecular weight is 437 g/mol. The van der Waals surface area contributed by atoms with Gasteiger partial charge in [-0.05, 0) is 6.07 Å². The number of aromatic nitrogens is 6. The van der Waals surface area contributed by atoms with E-state index in [0.29, 0.717) is 24.5 Å². The van der Waals surface area contributed by atoms with Gasteiger partial charge in [0.2, 0.25) is 11.8 Å². The highest BCUT2D eigenvalue weighted by Crippen LogP contribution is 2.47. The van der Waals surface area contributed by atoms with Gasteiger partial charge in [-0.2, -0.15) is 0 Å². The molecule has 1 aromatic carbocycles. The highest BCUT2D eigenvalue weighted by atomic mass is 19.3. The van der Waals surface area contributed by atoms with Crippen LogP contribution in [0.5, 0.6) is 0 Å². The third-order valence-corrected chi connectivity index (χ3v) is 6.00. The van der Waals surface area contributed by atoms with Gasteiger partial charge in [0.15, 0.2) is 5.82 Å². The van der Waals surface area contributed by atoms with Crippen LogP contribution < -0.4 is 0 Å². The highest BCUT2D eigenvalue weighted by Gasteiger charge is 2.49. The number of imidazole rings is 1. The first-order chi connectivity index (χ1) is 15.5. The zero-order valence-electron chi connectivity index (χ0n) is 16.7. The number of hydrogen-bond donors (Lipinski definition) is 1. The fourth-order valence-electron chi connectivity index (χ4n) is 4.32. The molecule has 0 bridgehead atoms. The van der Waals surface area contributed by atoms with E-state index in [0.717, 1.165) is 16.6 Å². The number of nitrogens with zero attached hydrogens (tertiary/aromatic N) is 6. The summed E-state index contributed by atoms with van der Waals surface area (Å²) < 4.78 is 31.9. The van der Waals surface area contributed by atoms with Crippen molar-refractivity contribution in [3.63, 3.8) is 0 Å². The van der Waals surface area contributed by atoms with Crippen molar-refractivity contribution < 1.29 is 18.0 Å². The number of H-pyrrole nitrogens is 1. The lowest BCUT2D eigenvalue weighted by Crippen LogP contribution is -2.41. The molecule has 0 saturated heterocycles. The molecule has 1 fully saturated rings. The maximum absolute atomic E-state index is 13.3. The molecular weight excluding hydrogens is 420 g/mol. The number of amides is 1. The Bertz CT molecular complexity index is 1330. The Kier molecular flexibility index (Phi) is 4.07. The molecule has 32 heavy (non-hydrogen) atoms. The van der Waals surface area contributed by atoms with E-state index in [4.69, 9.17) is 4.42 Å². The summed E-state index contributed by atoms with van der Waals surface area (Å²) in [6.07, 6.45) is 3.14. The van der Waals surface area contributed by atoms with E-state index < -0.39 is 23.8 Å². The van der Waals surface area contributed by atoms with Crippen molar-refractivity contribution in [2.45, 2.75) is 37.1 Å². The summed E-state index contributed by atoms with van der Waals surface area (Å²) in [4.78, 5) is 31.6. The SMILES string of the molecule is O=C(c1nnc(C2CC(F)(F)C2)o1)N1CCc2[nH]cnc2[C@@H]1c1ncc2ccccc2n1. The molecule has 1 saturated carbocycles. The maximum atomic E-state index is 13.3. The van der Waals surface area contributed by atoms with Crippen LogP contribution in [-0.2, 0) is 6.42 Å². The number of carbonyl (C=O) groups is 1. The van der Waals surface area contributed by atoms with E-state index in [2.05, 4.69) is 30.1 Å². The third kappa shape index (κ3) is 3.03. The number of halogens is 2. The number of carbonyl (C=O) groups excluding carboxylic acids is 1. The normalized spacial score (nSPS) is 20.2. The predicted octanol–water partition coefficient (Wildman–Crippen LogP) is 3.04. The largest absolute Gasteiger partial charge is 0.417 e. The van der Waals surface area contributed by atoms with Gasteiger partial charge in [0.1, 0.15) is 6.04 Å². The molecule has 0 unspecified atom stereocenters. The van der Waals surface area contributed by atoms with E-state index in [9.17, 15) is 13.6 Å². The third-order valence-electron chi connectivity index (χ3n) is 6.00. The lowest BCUT2D eigenvalue weighted by Gasteiger charge is -2.33. The Labute approximate surface area is 179 Å². The smallest absolute Gasteiger partial charge is 0.312 e. The van der Waals surface area contributed by atoms with E-state index in [1.54, 1.807) is 17.4 Å². The second-order valence-electron chi connectivity index (χ2n) is 8.11. The van der Waals surface area contributed by atoms with Crippen LogP contribution in [-0.4, -0.2) is 53.4 Å². The molecule has 4 aromatic rings. The predicted molar refractivity (Wildman–Crippen MR) is 106 cm³/mol. The maximum Gasteiger partial charge on any atom is 0.312 e. The first-order valence-electron chi connectivity index (χ1n) is 10.2. The second-order valence-corrected chi connectivity index (χ2v) is 8.11. The fourth-order valence-corrected chi connectivity index (χ4v) is 4.32. The number of alkyl halides is 2. The molecule has 1 aliphatic heterocycles. The summed E-state index contributed by atoms with van der Waals surface area (Å²) >= 11 is 0. The van der Waals surface area contributed by atoms with Crippen LogP contribution in [0.25, 0.3) is 10.9 Å². The monoisotopic (exact) mass is 437 g/mol. The highest BCUT2D eigenvalue weighted by molar-refractivity contribution is 5.90. The van der Waals surface area contributed by atoms with Crippen molar-refractivity contribution in [3.05, 3.63) is 65.8 Å². The number of benzene rings is 1. The van der Waals surface area contributed by atoms with Gasteiger partial charge in [-0.15, -0.1) is 10.2 Å². The Balaban J connectivity index is 1.36. The Morgan fingerprint density at radius 1 is 1.19 bits per heavy atom. The zero-order valence-corrected chi connectivity index (χ0v) is 16.7. The molecule has 11 heteroatoms. The Hall–Kier alpha value is -3.76. The molecule has 2 aliphatic rings. The van der Waals surface area contributed by atoms with Crippen LogP contribution in [0.3, 0.4) is 0 Å². The number of hydrogen-bond acceptors (Lipinski definition) is 7. The van der Waals surface area contributed by atoms with Crippen molar-refractivity contribution in [2.75, 3.05) is 6.54 Å². The Morgan fingerprint density at radius 3 is 2.88 bits per heavy atom. The van der Waals surface area contributed by atoms with Crippen molar-refractivity contribution in [3.8, 4) is 0 Å². The molecule has 1 amide bonds. The van der Waals surface area contributed by atoms with Gasteiger partial charge < -0.3 is 14.3 Å². The van der Waals surface area contributed by atoms with Crippen LogP contribution in [0.2, 0.25) is 0 Å². The molecular formula is C21H17F2N7O2. The summed E-state index contributed by atoms with van der Waals surface area (Å²) in [5.74, 6) is -3.51. The molecule has 0 spiro atoms. The van der Waals surface area contributed by atoms with Gasteiger partial charge in [-0.25, -0.2) is 23.7 Å². The van der Waals surface area contributed by atoms with E-state index in [-0.39, 0.29) is 24.6 Å². The number of rotatable bonds is 3. The summed E-state index contributed by atoms with van der Waals surface area (Å²) in [5.41, 5.74) is 2.30. The van der Waals surface area contributed by atoms with E-state index >= 15 is 0 Å². The van der Waals surface area contributed by atoms with Crippen molar-refractivity contribution in [2.24, 2.45) is 0 Å². The van der Waals surface area contributed by atoms with Gasteiger partial charge in [0.25, 0.3) is 0 Å². The molecule has 6 rings (SSSR count). The number of para-hydroxylation sites is 1. The Morgan fingerprint density at radius 2 is 2.03 bits per heavy atom. The minimum absolute atomic E-state index is 0.0650. The van der Waals surface area contributed by atoms with E-state index in [1.165, 1.54) is 0 Å². The van der Waals surface area contributed by atoms with Crippen molar-refractivity contribution >= 4 is 16.8 Å². The minimum atomic E-state index is -2.72. The van der Waals surface area contributed by atoms with Gasteiger partial charge in [0.05, 0.1) is 17.5 Å². The van der Waals surface area contributed by atoms with Gasteiger partial charge in [-0.1, -0.05) is 18.2 Å². The molecule has 1 atom stereocenters. The molecule has 3 aromatic heterocycles. The minimum Gasteiger partial charge on any atom is -0.417 e. The summed E-state index contributed by atoms with van der Waals surface area (Å²) in [6, 6.07) is 6.92. The van der Waals surface area contributed by atoms with Crippen LogP contribution in [0.4, 0.5) is 8.78 Å². The zero-order chi connectivity index (χ0) is 21.9. The average Bonchev–Trinajstić information content (AvgIpc) is 3.45. The molecule has 1 N–H and O–H groups in total. The van der Waals surface area contributed by atoms with Crippen molar-refractivity contribution in [1.82, 2.24) is 35.0 Å². The lowest BCUT2D eigenvalue weighted by molar-refractivity contribution is -0.0919. The van der Waals surface area contributed by atoms with Gasteiger partial charge in [-0.3, -0.25) is 4.79 Å². The molecule has 0 radical (unpaired) electrons. The topological polar surface area (TPSA) is 114 Å². The first kappa shape index (κ1) is 19.0. The van der Waals surface area contributed by atoms with Gasteiger partial charge >= 0.3 is 11.8 Å². The lowest BCUT2D eigenvalue weighted by atomic mass is 9.81. The molecule has 1 aliphatic carbocycles. The first-order valence-corrected chi connectivity index (χ1v) is 10.2. The number of fused-ring (bicyclic) bond motifs is 2. The number of aromatic amines is 1. The van der Waals surface area contributed by atoms with E-state index in [1.807, 2.05) is 24.3 Å². The summed E-state index contributed by atoms with van der Waals surface area (Å²) in [5, 5.41) is 8.56. The molecule has 4 heterocycles. The van der Waals surface area contributed by atoms with Crippen LogP contribution in [0, 0.1) is 0 Å².